The minimum atomic E-state index is 0.602. The third-order valence-corrected chi connectivity index (χ3v) is 2.56. The standard InChI is InChI=1S/C11H17NO2/c1-9-2-3-11(14-9)8-13-7-10-4-5-12-6-10/h2-3,10,12H,4-8H2,1H3. The van der Waals surface area contributed by atoms with Gasteiger partial charge >= 0.3 is 0 Å². The Bertz CT molecular complexity index is 277. The average Bonchev–Trinajstić information content (AvgIpc) is 2.77. The second kappa shape index (κ2) is 4.62. The molecule has 1 aromatic rings. The van der Waals surface area contributed by atoms with Crippen LogP contribution in [0, 0.1) is 12.8 Å². The van der Waals surface area contributed by atoms with Gasteiger partial charge in [-0.15, -0.1) is 0 Å². The van der Waals surface area contributed by atoms with Crippen LogP contribution < -0.4 is 5.32 Å². The molecule has 0 bridgehead atoms. The molecule has 1 N–H and O–H groups in total. The molecule has 2 heterocycles. The van der Waals surface area contributed by atoms with Crippen molar-refractivity contribution in [2.45, 2.75) is 20.0 Å². The van der Waals surface area contributed by atoms with Crippen molar-refractivity contribution in [1.29, 1.82) is 0 Å². The van der Waals surface area contributed by atoms with E-state index in [1.54, 1.807) is 0 Å². The predicted octanol–water partition coefficient (Wildman–Crippen LogP) is 1.71. The molecule has 1 aliphatic rings. The van der Waals surface area contributed by atoms with E-state index in [1.807, 2.05) is 19.1 Å². The normalized spacial score (nSPS) is 21.6. The molecule has 3 nitrogen and oxygen atoms in total. The lowest BCUT2D eigenvalue weighted by Gasteiger charge is -2.07. The number of hydrogen-bond acceptors (Lipinski definition) is 3. The van der Waals surface area contributed by atoms with Crippen LogP contribution in [0.5, 0.6) is 0 Å². The Labute approximate surface area is 84.4 Å². The zero-order valence-corrected chi connectivity index (χ0v) is 8.58. The van der Waals surface area contributed by atoms with Gasteiger partial charge in [0.25, 0.3) is 0 Å². The second-order valence-corrected chi connectivity index (χ2v) is 3.89. The highest BCUT2D eigenvalue weighted by atomic mass is 16.5. The molecule has 0 aromatic carbocycles. The molecule has 1 saturated heterocycles. The fourth-order valence-electron chi connectivity index (χ4n) is 1.75. The summed E-state index contributed by atoms with van der Waals surface area (Å²) in [6, 6.07) is 3.94. The van der Waals surface area contributed by atoms with Gasteiger partial charge in [-0.2, -0.15) is 0 Å². The maximum Gasteiger partial charge on any atom is 0.129 e. The van der Waals surface area contributed by atoms with Crippen LogP contribution in [0.3, 0.4) is 0 Å². The molecule has 0 aliphatic carbocycles. The van der Waals surface area contributed by atoms with Crippen molar-refractivity contribution >= 4 is 0 Å². The van der Waals surface area contributed by atoms with E-state index in [-0.39, 0.29) is 0 Å². The van der Waals surface area contributed by atoms with Gasteiger partial charge in [0.15, 0.2) is 0 Å². The SMILES string of the molecule is Cc1ccc(COCC2CCNC2)o1. The molecular formula is C11H17NO2. The van der Waals surface area contributed by atoms with Gasteiger partial charge in [-0.25, -0.2) is 0 Å². The van der Waals surface area contributed by atoms with Gasteiger partial charge in [0.2, 0.25) is 0 Å². The first-order valence-electron chi connectivity index (χ1n) is 5.18. The Hall–Kier alpha value is -0.800. The highest BCUT2D eigenvalue weighted by molar-refractivity contribution is 5.04. The molecule has 3 heteroatoms. The lowest BCUT2D eigenvalue weighted by molar-refractivity contribution is 0.0799. The number of rotatable bonds is 4. The molecule has 14 heavy (non-hydrogen) atoms. The van der Waals surface area contributed by atoms with Crippen molar-refractivity contribution in [3.63, 3.8) is 0 Å². The van der Waals surface area contributed by atoms with E-state index in [1.165, 1.54) is 6.42 Å². The van der Waals surface area contributed by atoms with E-state index in [9.17, 15) is 0 Å². The molecule has 0 spiro atoms. The summed E-state index contributed by atoms with van der Waals surface area (Å²) in [6.07, 6.45) is 1.23. The highest BCUT2D eigenvalue weighted by Gasteiger charge is 2.14. The summed E-state index contributed by atoms with van der Waals surface area (Å²) in [5.41, 5.74) is 0. The lowest BCUT2D eigenvalue weighted by Crippen LogP contribution is -2.13. The third kappa shape index (κ3) is 2.59. The van der Waals surface area contributed by atoms with Crippen LogP contribution >= 0.6 is 0 Å². The number of ether oxygens (including phenoxy) is 1. The van der Waals surface area contributed by atoms with Gasteiger partial charge in [0.1, 0.15) is 18.1 Å². The fraction of sp³-hybridized carbons (Fsp3) is 0.636. The molecule has 1 unspecified atom stereocenters. The van der Waals surface area contributed by atoms with Crippen LogP contribution in [-0.4, -0.2) is 19.7 Å². The third-order valence-electron chi connectivity index (χ3n) is 2.56. The number of hydrogen-bond donors (Lipinski definition) is 1. The van der Waals surface area contributed by atoms with Crippen molar-refractivity contribution in [3.05, 3.63) is 23.7 Å². The Balaban J connectivity index is 1.67. The Morgan fingerprint density at radius 2 is 2.50 bits per heavy atom. The second-order valence-electron chi connectivity index (χ2n) is 3.89. The first-order chi connectivity index (χ1) is 6.84. The van der Waals surface area contributed by atoms with E-state index in [0.29, 0.717) is 12.5 Å². The average molecular weight is 195 g/mol. The van der Waals surface area contributed by atoms with Crippen molar-refractivity contribution in [1.82, 2.24) is 5.32 Å². The predicted molar refractivity (Wildman–Crippen MR) is 54.1 cm³/mol. The quantitative estimate of drug-likeness (QED) is 0.794. The maximum absolute atomic E-state index is 5.58. The van der Waals surface area contributed by atoms with E-state index >= 15 is 0 Å². The zero-order valence-electron chi connectivity index (χ0n) is 8.58. The van der Waals surface area contributed by atoms with Gasteiger partial charge in [-0.1, -0.05) is 0 Å². The fourth-order valence-corrected chi connectivity index (χ4v) is 1.75. The minimum Gasteiger partial charge on any atom is -0.464 e. The molecule has 1 atom stereocenters. The highest BCUT2D eigenvalue weighted by Crippen LogP contribution is 2.11. The van der Waals surface area contributed by atoms with Crippen molar-refractivity contribution in [2.24, 2.45) is 5.92 Å². The lowest BCUT2D eigenvalue weighted by atomic mass is 10.1. The first-order valence-corrected chi connectivity index (χ1v) is 5.18. The number of furan rings is 1. The largest absolute Gasteiger partial charge is 0.464 e. The molecule has 78 valence electrons. The van der Waals surface area contributed by atoms with Gasteiger partial charge in [-0.3, -0.25) is 0 Å². The van der Waals surface area contributed by atoms with Gasteiger partial charge in [-0.05, 0) is 37.9 Å². The molecule has 1 aliphatic heterocycles. The Kier molecular flexibility index (Phi) is 3.22. The molecule has 1 aromatic heterocycles. The summed E-state index contributed by atoms with van der Waals surface area (Å²) in [7, 11) is 0. The summed E-state index contributed by atoms with van der Waals surface area (Å²) in [4.78, 5) is 0. The van der Waals surface area contributed by atoms with Crippen molar-refractivity contribution in [2.75, 3.05) is 19.7 Å². The smallest absolute Gasteiger partial charge is 0.129 e. The topological polar surface area (TPSA) is 34.4 Å². The molecule has 0 amide bonds. The maximum atomic E-state index is 5.58. The van der Waals surface area contributed by atoms with Crippen LogP contribution in [-0.2, 0) is 11.3 Å². The van der Waals surface area contributed by atoms with E-state index in [0.717, 1.165) is 31.2 Å². The van der Waals surface area contributed by atoms with Crippen LogP contribution in [0.25, 0.3) is 0 Å². The molecular weight excluding hydrogens is 178 g/mol. The first kappa shape index (κ1) is 9.74. The molecule has 2 rings (SSSR count). The van der Waals surface area contributed by atoms with Crippen LogP contribution in [0.4, 0.5) is 0 Å². The molecule has 0 radical (unpaired) electrons. The minimum absolute atomic E-state index is 0.602. The van der Waals surface area contributed by atoms with Crippen LogP contribution in [0.2, 0.25) is 0 Å². The van der Waals surface area contributed by atoms with E-state index in [2.05, 4.69) is 5.32 Å². The number of aryl methyl sites for hydroxylation is 1. The summed E-state index contributed by atoms with van der Waals surface area (Å²) < 4.78 is 11.0. The Morgan fingerprint density at radius 3 is 3.14 bits per heavy atom. The van der Waals surface area contributed by atoms with E-state index in [4.69, 9.17) is 9.15 Å². The summed E-state index contributed by atoms with van der Waals surface area (Å²) in [6.45, 7) is 5.62. The summed E-state index contributed by atoms with van der Waals surface area (Å²) >= 11 is 0. The van der Waals surface area contributed by atoms with Gasteiger partial charge in [0, 0.05) is 6.54 Å². The monoisotopic (exact) mass is 195 g/mol. The summed E-state index contributed by atoms with van der Waals surface area (Å²) in [5.74, 6) is 2.56. The summed E-state index contributed by atoms with van der Waals surface area (Å²) in [5, 5.41) is 3.32. The van der Waals surface area contributed by atoms with Crippen LogP contribution in [0.1, 0.15) is 17.9 Å². The number of nitrogens with one attached hydrogen (secondary N) is 1. The van der Waals surface area contributed by atoms with Crippen molar-refractivity contribution < 1.29 is 9.15 Å². The molecule has 1 fully saturated rings. The Morgan fingerprint density at radius 1 is 1.57 bits per heavy atom. The molecule has 0 saturated carbocycles. The van der Waals surface area contributed by atoms with E-state index < -0.39 is 0 Å². The van der Waals surface area contributed by atoms with Crippen LogP contribution in [0.15, 0.2) is 16.5 Å². The van der Waals surface area contributed by atoms with Crippen molar-refractivity contribution in [3.8, 4) is 0 Å². The zero-order chi connectivity index (χ0) is 9.80. The van der Waals surface area contributed by atoms with Gasteiger partial charge in [0.05, 0.1) is 6.61 Å². The van der Waals surface area contributed by atoms with Gasteiger partial charge < -0.3 is 14.5 Å².